The van der Waals surface area contributed by atoms with Crippen molar-refractivity contribution in [2.24, 2.45) is 0 Å². The molecule has 0 amide bonds. The van der Waals surface area contributed by atoms with Crippen LogP contribution in [0.4, 0.5) is 5.69 Å². The van der Waals surface area contributed by atoms with Crippen molar-refractivity contribution in [1.82, 2.24) is 9.47 Å². The molecule has 5 rings (SSSR count). The van der Waals surface area contributed by atoms with E-state index in [4.69, 9.17) is 4.74 Å². The molecular weight excluding hydrogens is 663 g/mol. The molecule has 1 saturated heterocycles. The monoisotopic (exact) mass is 727 g/mol. The van der Waals surface area contributed by atoms with Gasteiger partial charge in [0.25, 0.3) is 5.56 Å². The Labute approximate surface area is 317 Å². The predicted octanol–water partition coefficient (Wildman–Crippen LogP) is 11.9. The van der Waals surface area contributed by atoms with E-state index in [1.807, 2.05) is 29.5 Å². The second kappa shape index (κ2) is 22.8. The van der Waals surface area contributed by atoms with Gasteiger partial charge in [0.1, 0.15) is 5.75 Å². The molecule has 3 heterocycles. The van der Waals surface area contributed by atoms with Crippen molar-refractivity contribution in [3.63, 3.8) is 0 Å². The number of nitrogens with zero attached hydrogens (tertiary/aromatic N) is 3. The Bertz CT molecular complexity index is 1670. The van der Waals surface area contributed by atoms with E-state index in [0.717, 1.165) is 70.2 Å². The molecule has 6 nitrogen and oxygen atoms in total. The van der Waals surface area contributed by atoms with Gasteiger partial charge in [-0.05, 0) is 73.0 Å². The van der Waals surface area contributed by atoms with Gasteiger partial charge >= 0.3 is 0 Å². The molecule has 0 N–H and O–H groups in total. The summed E-state index contributed by atoms with van der Waals surface area (Å²) in [6, 6.07) is 18.0. The summed E-state index contributed by atoms with van der Waals surface area (Å²) in [7, 11) is 0. The minimum Gasteiger partial charge on any atom is -0.494 e. The number of unbranched alkanes of at least 4 members (excludes halogenated alkanes) is 17. The lowest BCUT2D eigenvalue weighted by Gasteiger charge is -2.36. The number of benzene rings is 2. The Morgan fingerprint density at radius 1 is 0.692 bits per heavy atom. The number of rotatable bonds is 25. The Hall–Kier alpha value is -3.16. The molecule has 0 radical (unpaired) electrons. The lowest BCUT2D eigenvalue weighted by atomic mass is 10.0. The average Bonchev–Trinajstić information content (AvgIpc) is 3.65. The van der Waals surface area contributed by atoms with Crippen LogP contribution < -0.4 is 15.2 Å². The number of aromatic nitrogens is 1. The number of pyridine rings is 1. The van der Waals surface area contributed by atoms with Crippen LogP contribution in [0, 0.1) is 0 Å². The van der Waals surface area contributed by atoms with Crippen LogP contribution in [0.2, 0.25) is 0 Å². The highest BCUT2D eigenvalue weighted by molar-refractivity contribution is 7.17. The van der Waals surface area contributed by atoms with E-state index in [2.05, 4.69) is 46.4 Å². The van der Waals surface area contributed by atoms with E-state index in [-0.39, 0.29) is 11.5 Å². The number of ether oxygens (including phenoxy) is 1. The van der Waals surface area contributed by atoms with Gasteiger partial charge < -0.3 is 9.64 Å². The Morgan fingerprint density at radius 2 is 1.33 bits per heavy atom. The first-order chi connectivity index (χ1) is 25.6. The van der Waals surface area contributed by atoms with Crippen LogP contribution in [0.1, 0.15) is 140 Å². The van der Waals surface area contributed by atoms with Crippen molar-refractivity contribution in [3.05, 3.63) is 70.3 Å². The van der Waals surface area contributed by atoms with Crippen molar-refractivity contribution in [1.29, 1.82) is 0 Å². The topological polar surface area (TPSA) is 54.8 Å². The zero-order valence-electron chi connectivity index (χ0n) is 32.1. The Kier molecular flexibility index (Phi) is 17.6. The Morgan fingerprint density at radius 3 is 2.00 bits per heavy atom. The van der Waals surface area contributed by atoms with Crippen LogP contribution in [-0.2, 0) is 0 Å². The molecule has 1 fully saturated rings. The van der Waals surface area contributed by atoms with E-state index < -0.39 is 0 Å². The third kappa shape index (κ3) is 12.8. The molecule has 2 aromatic carbocycles. The summed E-state index contributed by atoms with van der Waals surface area (Å²) in [5.74, 6) is 0.606. The van der Waals surface area contributed by atoms with Gasteiger partial charge in [-0.25, -0.2) is 4.57 Å². The van der Waals surface area contributed by atoms with Gasteiger partial charge in [-0.3, -0.25) is 14.5 Å². The van der Waals surface area contributed by atoms with Gasteiger partial charge in [0.15, 0.2) is 0 Å². The fraction of sp³-hybridized carbons (Fsp3) is 0.600. The zero-order valence-corrected chi connectivity index (χ0v) is 32.9. The molecule has 284 valence electrons. The SMILES string of the molecule is CCCCCCCCCCCCCCCCCCCC(=O)n1c(=O)ccc2ccc(OCCCCN3CCN(c4cccc5sccc45)CC3)cc21. The average molecular weight is 728 g/mol. The second-order valence-electron chi connectivity index (χ2n) is 15.0. The normalized spacial score (nSPS) is 13.8. The third-order valence-electron chi connectivity index (χ3n) is 10.9. The quantitative estimate of drug-likeness (QED) is 0.0636. The molecule has 1 aliphatic rings. The standard InChI is InChI=1S/C45H65N3O3S/c1-2-3-4-5-6-7-8-9-10-11-12-13-14-15-16-17-18-24-44(49)48-42-37-39(27-25-38(42)26-28-45(48)50)51-35-20-19-30-46-31-33-47(34-32-46)41-22-21-23-43-40(41)29-36-52-43/h21-23,25-29,36-37H,2-20,24,30-35H2,1H3. The molecule has 0 aliphatic carbocycles. The summed E-state index contributed by atoms with van der Waals surface area (Å²) < 4.78 is 8.86. The van der Waals surface area contributed by atoms with Gasteiger partial charge in [-0.2, -0.15) is 0 Å². The van der Waals surface area contributed by atoms with Crippen LogP contribution >= 0.6 is 11.3 Å². The summed E-state index contributed by atoms with van der Waals surface area (Å²) in [5.41, 5.74) is 1.76. The number of hydrogen-bond donors (Lipinski definition) is 0. The molecule has 0 spiro atoms. The highest BCUT2D eigenvalue weighted by Gasteiger charge is 2.19. The first-order valence-electron chi connectivity index (χ1n) is 20.9. The van der Waals surface area contributed by atoms with Crippen LogP contribution in [0.3, 0.4) is 0 Å². The van der Waals surface area contributed by atoms with Gasteiger partial charge in [0, 0.05) is 60.5 Å². The molecule has 4 aromatic rings. The number of hydrogen-bond acceptors (Lipinski definition) is 6. The molecular formula is C45H65N3O3S. The van der Waals surface area contributed by atoms with Crippen molar-refractivity contribution in [2.45, 2.75) is 135 Å². The molecule has 0 unspecified atom stereocenters. The third-order valence-corrected chi connectivity index (χ3v) is 11.8. The fourth-order valence-electron chi connectivity index (χ4n) is 7.77. The van der Waals surface area contributed by atoms with E-state index >= 15 is 0 Å². The lowest BCUT2D eigenvalue weighted by molar-refractivity contribution is 0.0900. The minimum atomic E-state index is -0.256. The number of carbonyl (C=O) groups excluding carboxylic acids is 1. The molecule has 1 aliphatic heterocycles. The number of thiophene rings is 1. The number of piperazine rings is 1. The number of fused-ring (bicyclic) bond motifs is 2. The first-order valence-corrected chi connectivity index (χ1v) is 21.8. The fourth-order valence-corrected chi connectivity index (χ4v) is 8.57. The van der Waals surface area contributed by atoms with E-state index in [9.17, 15) is 9.59 Å². The van der Waals surface area contributed by atoms with E-state index in [1.165, 1.54) is 116 Å². The Balaban J connectivity index is 0.929. The van der Waals surface area contributed by atoms with Crippen LogP contribution in [0.25, 0.3) is 21.0 Å². The van der Waals surface area contributed by atoms with E-state index in [0.29, 0.717) is 24.3 Å². The largest absolute Gasteiger partial charge is 0.494 e. The van der Waals surface area contributed by atoms with Gasteiger partial charge in [-0.15, -0.1) is 11.3 Å². The van der Waals surface area contributed by atoms with Gasteiger partial charge in [0.05, 0.1) is 12.1 Å². The summed E-state index contributed by atoms with van der Waals surface area (Å²) in [5, 5.41) is 4.45. The molecule has 7 heteroatoms. The van der Waals surface area contributed by atoms with Crippen molar-refractivity contribution < 1.29 is 9.53 Å². The molecule has 2 aromatic heterocycles. The zero-order chi connectivity index (χ0) is 36.2. The van der Waals surface area contributed by atoms with Gasteiger partial charge in [0.2, 0.25) is 5.91 Å². The van der Waals surface area contributed by atoms with E-state index in [1.54, 1.807) is 6.07 Å². The van der Waals surface area contributed by atoms with Crippen LogP contribution in [-0.4, -0.2) is 54.7 Å². The van der Waals surface area contributed by atoms with Gasteiger partial charge in [-0.1, -0.05) is 116 Å². The summed E-state index contributed by atoms with van der Waals surface area (Å²) in [6.07, 6.45) is 24.7. The van der Waals surface area contributed by atoms with Crippen LogP contribution in [0.15, 0.2) is 64.8 Å². The minimum absolute atomic E-state index is 0.110. The summed E-state index contributed by atoms with van der Waals surface area (Å²) in [6.45, 7) is 8.25. The van der Waals surface area contributed by atoms with Crippen molar-refractivity contribution in [3.8, 4) is 5.75 Å². The molecule has 52 heavy (non-hydrogen) atoms. The molecule has 0 atom stereocenters. The number of carbonyl (C=O) groups is 1. The highest BCUT2D eigenvalue weighted by atomic mass is 32.1. The van der Waals surface area contributed by atoms with Crippen molar-refractivity contribution >= 4 is 43.9 Å². The number of anilines is 1. The van der Waals surface area contributed by atoms with Crippen molar-refractivity contribution in [2.75, 3.05) is 44.2 Å². The maximum absolute atomic E-state index is 13.3. The highest BCUT2D eigenvalue weighted by Crippen LogP contribution is 2.31. The summed E-state index contributed by atoms with van der Waals surface area (Å²) >= 11 is 1.81. The first kappa shape index (κ1) is 40.0. The lowest BCUT2D eigenvalue weighted by Crippen LogP contribution is -2.46. The predicted molar refractivity (Wildman–Crippen MR) is 223 cm³/mol. The smallest absolute Gasteiger partial charge is 0.257 e. The molecule has 0 bridgehead atoms. The molecule has 0 saturated carbocycles. The maximum Gasteiger partial charge on any atom is 0.257 e. The van der Waals surface area contributed by atoms with Crippen LogP contribution in [0.5, 0.6) is 5.75 Å². The second-order valence-corrected chi connectivity index (χ2v) is 16.0. The maximum atomic E-state index is 13.3. The summed E-state index contributed by atoms with van der Waals surface area (Å²) in [4.78, 5) is 31.2.